The summed E-state index contributed by atoms with van der Waals surface area (Å²) in [6.45, 7) is 7.36. The first-order valence-corrected chi connectivity index (χ1v) is 7.10. The van der Waals surface area contributed by atoms with E-state index in [1.807, 2.05) is 0 Å². The second-order valence-corrected chi connectivity index (χ2v) is 5.79. The van der Waals surface area contributed by atoms with Crippen LogP contribution in [0.15, 0.2) is 0 Å². The molecule has 0 aliphatic heterocycles. The fourth-order valence-corrected chi connectivity index (χ4v) is 4.08. The van der Waals surface area contributed by atoms with Gasteiger partial charge in [-0.2, -0.15) is 5.26 Å². The molecule has 2 fully saturated rings. The first-order valence-electron chi connectivity index (χ1n) is 7.10. The van der Waals surface area contributed by atoms with Crippen LogP contribution in [-0.2, 0) is 0 Å². The Morgan fingerprint density at radius 1 is 1.06 bits per heavy atom. The summed E-state index contributed by atoms with van der Waals surface area (Å²) in [5.74, 6) is 0.652. The Labute approximate surface area is 105 Å². The maximum absolute atomic E-state index is 9.33. The lowest BCUT2D eigenvalue weighted by atomic mass is 9.65. The molecule has 2 saturated carbocycles. The van der Waals surface area contributed by atoms with Crippen LogP contribution in [0.3, 0.4) is 0 Å². The highest BCUT2D eigenvalue weighted by atomic mass is 14.8. The van der Waals surface area contributed by atoms with Crippen LogP contribution in [-0.4, -0.2) is 6.04 Å². The van der Waals surface area contributed by atoms with E-state index in [0.717, 1.165) is 12.8 Å². The van der Waals surface area contributed by atoms with Crippen LogP contribution in [0.4, 0.5) is 0 Å². The number of rotatable bonds is 2. The molecule has 0 amide bonds. The van der Waals surface area contributed by atoms with Gasteiger partial charge in [-0.3, -0.25) is 4.85 Å². The lowest BCUT2D eigenvalue weighted by Gasteiger charge is -2.36. The normalized spacial score (nSPS) is 26.7. The van der Waals surface area contributed by atoms with Crippen LogP contribution in [0.1, 0.15) is 64.2 Å². The molecule has 2 aliphatic carbocycles. The molecule has 0 N–H and O–H groups in total. The molecule has 2 rings (SSSR count). The number of nitriles is 1. The fraction of sp³-hybridized carbons (Fsp3) is 0.867. The fourth-order valence-electron chi connectivity index (χ4n) is 4.08. The molecule has 92 valence electrons. The van der Waals surface area contributed by atoms with Gasteiger partial charge in [0, 0.05) is 0 Å². The molecule has 2 heteroatoms. The Balaban J connectivity index is 2.26. The van der Waals surface area contributed by atoms with E-state index in [9.17, 15) is 5.26 Å². The Morgan fingerprint density at radius 2 is 1.65 bits per heavy atom. The van der Waals surface area contributed by atoms with Gasteiger partial charge in [-0.05, 0) is 31.6 Å². The van der Waals surface area contributed by atoms with E-state index in [1.54, 1.807) is 0 Å². The SMILES string of the molecule is [C-]#[N+]C(C#N)C1(C2CCCC2)CCCCCC1. The van der Waals surface area contributed by atoms with Crippen molar-refractivity contribution in [1.29, 1.82) is 5.26 Å². The third kappa shape index (κ3) is 2.32. The van der Waals surface area contributed by atoms with E-state index < -0.39 is 0 Å². The second kappa shape index (κ2) is 5.54. The van der Waals surface area contributed by atoms with E-state index in [2.05, 4.69) is 10.9 Å². The lowest BCUT2D eigenvalue weighted by Crippen LogP contribution is -2.38. The molecule has 0 bridgehead atoms. The molecule has 0 heterocycles. The van der Waals surface area contributed by atoms with E-state index in [1.165, 1.54) is 51.4 Å². The van der Waals surface area contributed by atoms with Crippen molar-refractivity contribution in [3.63, 3.8) is 0 Å². The van der Waals surface area contributed by atoms with Crippen LogP contribution in [0, 0.1) is 29.2 Å². The highest BCUT2D eigenvalue weighted by molar-refractivity contribution is 5.13. The van der Waals surface area contributed by atoms with Crippen LogP contribution in [0.2, 0.25) is 0 Å². The van der Waals surface area contributed by atoms with E-state index in [0.29, 0.717) is 5.92 Å². The summed E-state index contributed by atoms with van der Waals surface area (Å²) in [4.78, 5) is 3.68. The molecule has 0 aromatic heterocycles. The van der Waals surface area contributed by atoms with Crippen molar-refractivity contribution in [2.24, 2.45) is 11.3 Å². The Bertz CT molecular complexity index is 306. The number of nitrogens with zero attached hydrogens (tertiary/aromatic N) is 2. The molecule has 0 saturated heterocycles. The molecule has 1 atom stereocenters. The molecule has 0 spiro atoms. The van der Waals surface area contributed by atoms with Gasteiger partial charge in [0.05, 0.1) is 5.41 Å². The first-order chi connectivity index (χ1) is 8.33. The molecule has 1 unspecified atom stereocenters. The molecular weight excluding hydrogens is 208 g/mol. The summed E-state index contributed by atoms with van der Waals surface area (Å²) < 4.78 is 0. The molecule has 17 heavy (non-hydrogen) atoms. The summed E-state index contributed by atoms with van der Waals surface area (Å²) in [6, 6.07) is 1.93. The standard InChI is InChI=1S/C15H22N2/c1-17-14(12-16)15(13-8-4-5-9-13)10-6-2-3-7-11-15/h13-14H,2-11H2. The average molecular weight is 230 g/mol. The average Bonchev–Trinajstić information content (AvgIpc) is 2.78. The van der Waals surface area contributed by atoms with Crippen molar-refractivity contribution in [2.75, 3.05) is 0 Å². The maximum atomic E-state index is 9.33. The largest absolute Gasteiger partial charge is 0.312 e. The predicted octanol–water partition coefficient (Wildman–Crippen LogP) is 4.33. The van der Waals surface area contributed by atoms with Gasteiger partial charge in [-0.1, -0.05) is 38.5 Å². The summed E-state index contributed by atoms with van der Waals surface area (Å²) in [6.07, 6.45) is 12.4. The summed E-state index contributed by atoms with van der Waals surface area (Å²) in [5, 5.41) is 9.33. The van der Waals surface area contributed by atoms with Crippen molar-refractivity contribution in [3.05, 3.63) is 11.4 Å². The minimum absolute atomic E-state index is 0.0451. The quantitative estimate of drug-likeness (QED) is 0.512. The maximum Gasteiger partial charge on any atom is 0.312 e. The van der Waals surface area contributed by atoms with E-state index in [-0.39, 0.29) is 11.5 Å². The zero-order valence-corrected chi connectivity index (χ0v) is 10.6. The molecular formula is C15H22N2. The van der Waals surface area contributed by atoms with Crippen LogP contribution >= 0.6 is 0 Å². The third-order valence-corrected chi connectivity index (χ3v) is 5.00. The zero-order chi connectivity index (χ0) is 12.1. The van der Waals surface area contributed by atoms with Gasteiger partial charge in [0.15, 0.2) is 6.07 Å². The predicted molar refractivity (Wildman–Crippen MR) is 68.1 cm³/mol. The highest BCUT2D eigenvalue weighted by Crippen LogP contribution is 2.51. The van der Waals surface area contributed by atoms with Gasteiger partial charge in [0.2, 0.25) is 0 Å². The van der Waals surface area contributed by atoms with E-state index >= 15 is 0 Å². The van der Waals surface area contributed by atoms with Gasteiger partial charge in [-0.15, -0.1) is 0 Å². The molecule has 0 radical (unpaired) electrons. The van der Waals surface area contributed by atoms with Gasteiger partial charge < -0.3 is 0 Å². The summed E-state index contributed by atoms with van der Waals surface area (Å²) in [5.41, 5.74) is 0.0451. The molecule has 0 aromatic rings. The van der Waals surface area contributed by atoms with Gasteiger partial charge in [0.25, 0.3) is 0 Å². The topological polar surface area (TPSA) is 28.1 Å². The van der Waals surface area contributed by atoms with Crippen molar-refractivity contribution in [2.45, 2.75) is 70.3 Å². The van der Waals surface area contributed by atoms with Crippen LogP contribution < -0.4 is 0 Å². The van der Waals surface area contributed by atoms with Crippen molar-refractivity contribution >= 4 is 0 Å². The summed E-state index contributed by atoms with van der Waals surface area (Å²) >= 11 is 0. The van der Waals surface area contributed by atoms with Crippen molar-refractivity contribution in [3.8, 4) is 6.07 Å². The monoisotopic (exact) mass is 230 g/mol. The highest BCUT2D eigenvalue weighted by Gasteiger charge is 2.50. The molecule has 2 aliphatic rings. The van der Waals surface area contributed by atoms with Gasteiger partial charge in [-0.25, -0.2) is 6.57 Å². The minimum atomic E-state index is -0.385. The lowest BCUT2D eigenvalue weighted by molar-refractivity contribution is 0.131. The minimum Gasteiger partial charge on any atom is -0.297 e. The van der Waals surface area contributed by atoms with E-state index in [4.69, 9.17) is 6.57 Å². The van der Waals surface area contributed by atoms with Gasteiger partial charge >= 0.3 is 6.04 Å². The first kappa shape index (κ1) is 12.4. The van der Waals surface area contributed by atoms with Crippen molar-refractivity contribution < 1.29 is 0 Å². The number of hydrogen-bond donors (Lipinski definition) is 0. The van der Waals surface area contributed by atoms with Crippen molar-refractivity contribution in [1.82, 2.24) is 0 Å². The Hall–Kier alpha value is -1.02. The second-order valence-electron chi connectivity index (χ2n) is 5.79. The van der Waals surface area contributed by atoms with Gasteiger partial charge in [0.1, 0.15) is 0 Å². The molecule has 0 aromatic carbocycles. The zero-order valence-electron chi connectivity index (χ0n) is 10.6. The Morgan fingerprint density at radius 3 is 2.12 bits per heavy atom. The third-order valence-electron chi connectivity index (χ3n) is 5.00. The molecule has 2 nitrogen and oxygen atoms in total. The smallest absolute Gasteiger partial charge is 0.297 e. The van der Waals surface area contributed by atoms with Crippen LogP contribution in [0.5, 0.6) is 0 Å². The Kier molecular flexibility index (Phi) is 4.06. The number of hydrogen-bond acceptors (Lipinski definition) is 1. The summed E-state index contributed by atoms with van der Waals surface area (Å²) in [7, 11) is 0. The van der Waals surface area contributed by atoms with Crippen LogP contribution in [0.25, 0.3) is 4.85 Å².